The van der Waals surface area contributed by atoms with E-state index in [1.807, 2.05) is 43.3 Å². The van der Waals surface area contributed by atoms with Gasteiger partial charge in [0.05, 0.1) is 18.0 Å². The fraction of sp³-hybridized carbons (Fsp3) is 0.115. The van der Waals surface area contributed by atoms with Gasteiger partial charge in [0.1, 0.15) is 11.3 Å². The van der Waals surface area contributed by atoms with Crippen LogP contribution in [0.4, 0.5) is 11.4 Å². The number of benzene rings is 3. The number of carbonyl (C=O) groups is 2. The summed E-state index contributed by atoms with van der Waals surface area (Å²) in [7, 11) is 0. The first kappa shape index (κ1) is 22.7. The number of rotatable bonds is 6. The molecule has 3 aromatic rings. The van der Waals surface area contributed by atoms with Crippen LogP contribution in [0.15, 0.2) is 84.4 Å². The molecule has 0 aromatic heterocycles. The zero-order valence-electron chi connectivity index (χ0n) is 17.9. The molecule has 166 valence electrons. The lowest BCUT2D eigenvalue weighted by Crippen LogP contribution is -2.56. The first-order valence-electron chi connectivity index (χ1n) is 10.5. The molecule has 3 aromatic carbocycles. The van der Waals surface area contributed by atoms with Gasteiger partial charge in [-0.25, -0.2) is 0 Å². The van der Waals surface area contributed by atoms with Crippen molar-refractivity contribution >= 4 is 58.2 Å². The summed E-state index contributed by atoms with van der Waals surface area (Å²) in [6.45, 7) is 2.49. The third kappa shape index (κ3) is 4.67. The summed E-state index contributed by atoms with van der Waals surface area (Å²) in [6.07, 6.45) is 2.34. The predicted octanol–water partition coefficient (Wildman–Crippen LogP) is 5.88. The largest absolute Gasteiger partial charge is 0.493 e. The van der Waals surface area contributed by atoms with Crippen molar-refractivity contribution in [1.29, 1.82) is 0 Å². The fourth-order valence-corrected chi connectivity index (χ4v) is 4.03. The van der Waals surface area contributed by atoms with Crippen LogP contribution in [-0.2, 0) is 9.59 Å². The molecule has 7 heteroatoms. The lowest BCUT2D eigenvalue weighted by atomic mass is 10.0. The number of hydrogen-bond donors (Lipinski definition) is 0. The van der Waals surface area contributed by atoms with Crippen LogP contribution in [0.2, 0.25) is 5.02 Å². The van der Waals surface area contributed by atoms with Crippen molar-refractivity contribution in [2.45, 2.75) is 13.3 Å². The van der Waals surface area contributed by atoms with Crippen LogP contribution < -0.4 is 14.5 Å². The second kappa shape index (κ2) is 9.98. The molecule has 4 rings (SSSR count). The normalized spacial score (nSPS) is 14.0. The van der Waals surface area contributed by atoms with Gasteiger partial charge in [-0.2, -0.15) is 0 Å². The van der Waals surface area contributed by atoms with Crippen LogP contribution in [0.25, 0.3) is 6.08 Å². The maximum absolute atomic E-state index is 13.6. The van der Waals surface area contributed by atoms with Crippen molar-refractivity contribution in [3.8, 4) is 5.75 Å². The Morgan fingerprint density at radius 2 is 1.42 bits per heavy atom. The second-order valence-corrected chi connectivity index (χ2v) is 8.13. The number of carbonyl (C=O) groups excluding carboxylic acids is 2. The van der Waals surface area contributed by atoms with Crippen LogP contribution in [-0.4, -0.2) is 23.5 Å². The molecular formula is C26H21ClN2O3S. The van der Waals surface area contributed by atoms with E-state index in [1.165, 1.54) is 15.9 Å². The average molecular weight is 477 g/mol. The van der Waals surface area contributed by atoms with E-state index in [1.54, 1.807) is 42.5 Å². The van der Waals surface area contributed by atoms with Gasteiger partial charge < -0.3 is 4.74 Å². The summed E-state index contributed by atoms with van der Waals surface area (Å²) < 4.78 is 5.82. The highest BCUT2D eigenvalue weighted by Gasteiger charge is 2.41. The summed E-state index contributed by atoms with van der Waals surface area (Å²) in [5, 5.41) is 0.560. The molecule has 0 unspecified atom stereocenters. The van der Waals surface area contributed by atoms with Gasteiger partial charge in [0.2, 0.25) is 0 Å². The van der Waals surface area contributed by atoms with Crippen molar-refractivity contribution in [2.75, 3.05) is 16.4 Å². The Hall–Kier alpha value is -3.48. The first-order valence-corrected chi connectivity index (χ1v) is 11.3. The summed E-state index contributed by atoms with van der Waals surface area (Å²) in [6, 6.07) is 23.2. The zero-order chi connectivity index (χ0) is 23.4. The number of halogens is 1. The number of amides is 2. The molecule has 2 amide bonds. The Morgan fingerprint density at radius 1 is 0.879 bits per heavy atom. The predicted molar refractivity (Wildman–Crippen MR) is 136 cm³/mol. The molecule has 1 fully saturated rings. The SMILES string of the molecule is CCCOc1ccc(Cl)cc1C=C1C(=O)N(c2ccccc2)C(=S)N(c2ccccc2)C1=O. The van der Waals surface area contributed by atoms with E-state index in [0.29, 0.717) is 34.3 Å². The Kier molecular flexibility index (Phi) is 6.87. The molecule has 0 atom stereocenters. The maximum atomic E-state index is 13.6. The van der Waals surface area contributed by atoms with Crippen LogP contribution in [0.5, 0.6) is 5.75 Å². The number of nitrogens with zero attached hydrogens (tertiary/aromatic N) is 2. The summed E-state index contributed by atoms with van der Waals surface area (Å²) >= 11 is 11.8. The summed E-state index contributed by atoms with van der Waals surface area (Å²) in [4.78, 5) is 29.9. The van der Waals surface area contributed by atoms with Crippen molar-refractivity contribution in [3.63, 3.8) is 0 Å². The minimum atomic E-state index is -0.509. The van der Waals surface area contributed by atoms with E-state index >= 15 is 0 Å². The highest BCUT2D eigenvalue weighted by atomic mass is 35.5. The van der Waals surface area contributed by atoms with Crippen LogP contribution in [0.1, 0.15) is 18.9 Å². The summed E-state index contributed by atoms with van der Waals surface area (Å²) in [5.74, 6) is -0.477. The molecule has 5 nitrogen and oxygen atoms in total. The van der Waals surface area contributed by atoms with Gasteiger partial charge >= 0.3 is 0 Å². The van der Waals surface area contributed by atoms with Crippen LogP contribution in [0, 0.1) is 0 Å². The minimum absolute atomic E-state index is 0.0417. The van der Waals surface area contributed by atoms with Gasteiger partial charge in [-0.3, -0.25) is 19.4 Å². The molecule has 0 N–H and O–H groups in total. The monoisotopic (exact) mass is 476 g/mol. The van der Waals surface area contributed by atoms with Crippen molar-refractivity contribution in [2.24, 2.45) is 0 Å². The Balaban J connectivity index is 1.87. The van der Waals surface area contributed by atoms with Gasteiger partial charge in [-0.15, -0.1) is 0 Å². The molecule has 0 saturated carbocycles. The van der Waals surface area contributed by atoms with E-state index in [9.17, 15) is 9.59 Å². The Labute approximate surface area is 202 Å². The number of para-hydroxylation sites is 2. The first-order chi connectivity index (χ1) is 16.0. The Morgan fingerprint density at radius 3 is 1.94 bits per heavy atom. The lowest BCUT2D eigenvalue weighted by Gasteiger charge is -2.36. The minimum Gasteiger partial charge on any atom is -0.493 e. The van der Waals surface area contributed by atoms with E-state index in [2.05, 4.69) is 0 Å². The third-order valence-electron chi connectivity index (χ3n) is 5.01. The van der Waals surface area contributed by atoms with Crippen LogP contribution in [0.3, 0.4) is 0 Å². The number of hydrogen-bond acceptors (Lipinski definition) is 4. The van der Waals surface area contributed by atoms with Gasteiger partial charge in [0, 0.05) is 10.6 Å². The van der Waals surface area contributed by atoms with Gasteiger partial charge in [-0.05, 0) is 67.2 Å². The topological polar surface area (TPSA) is 49.9 Å². The summed E-state index contributed by atoms with van der Waals surface area (Å²) in [5.41, 5.74) is 1.64. The fourth-order valence-electron chi connectivity index (χ4n) is 3.47. The highest BCUT2D eigenvalue weighted by Crippen LogP contribution is 2.32. The van der Waals surface area contributed by atoms with Gasteiger partial charge in [-0.1, -0.05) is 54.9 Å². The van der Waals surface area contributed by atoms with E-state index in [-0.39, 0.29) is 10.7 Å². The molecule has 33 heavy (non-hydrogen) atoms. The smallest absolute Gasteiger partial charge is 0.270 e. The molecule has 0 aliphatic carbocycles. The van der Waals surface area contributed by atoms with E-state index < -0.39 is 11.8 Å². The molecule has 1 heterocycles. The van der Waals surface area contributed by atoms with E-state index in [4.69, 9.17) is 28.6 Å². The maximum Gasteiger partial charge on any atom is 0.270 e. The van der Waals surface area contributed by atoms with Crippen LogP contribution >= 0.6 is 23.8 Å². The number of anilines is 2. The van der Waals surface area contributed by atoms with Crippen molar-refractivity contribution in [3.05, 3.63) is 95.0 Å². The van der Waals surface area contributed by atoms with Crippen molar-refractivity contribution in [1.82, 2.24) is 0 Å². The van der Waals surface area contributed by atoms with Gasteiger partial charge in [0.15, 0.2) is 5.11 Å². The average Bonchev–Trinajstić information content (AvgIpc) is 2.83. The molecule has 1 aliphatic rings. The Bertz CT molecular complexity index is 1170. The zero-order valence-corrected chi connectivity index (χ0v) is 19.5. The molecular weight excluding hydrogens is 456 g/mol. The highest BCUT2D eigenvalue weighted by molar-refractivity contribution is 7.81. The quantitative estimate of drug-likeness (QED) is 0.253. The lowest BCUT2D eigenvalue weighted by molar-refractivity contribution is -0.120. The molecule has 0 bridgehead atoms. The number of thiocarbonyl (C=S) groups is 1. The van der Waals surface area contributed by atoms with Crippen molar-refractivity contribution < 1.29 is 14.3 Å². The van der Waals surface area contributed by atoms with Gasteiger partial charge in [0.25, 0.3) is 11.8 Å². The van der Waals surface area contributed by atoms with E-state index in [0.717, 1.165) is 6.42 Å². The number of ether oxygens (including phenoxy) is 1. The molecule has 0 radical (unpaired) electrons. The second-order valence-electron chi connectivity index (χ2n) is 7.32. The molecule has 1 aliphatic heterocycles. The molecule has 0 spiro atoms. The molecule has 1 saturated heterocycles. The third-order valence-corrected chi connectivity index (χ3v) is 5.61. The standard InChI is InChI=1S/C26H21ClN2O3S/c1-2-15-32-23-14-13-19(27)16-18(23)17-22-24(30)28(20-9-5-3-6-10-20)26(33)29(25(22)31)21-11-7-4-8-12-21/h3-14,16-17H,2,15H2,1H3.